The van der Waals surface area contributed by atoms with Gasteiger partial charge in [0.1, 0.15) is 11.6 Å². The number of pyridine rings is 1. The highest BCUT2D eigenvalue weighted by atomic mass is 79.9. The van der Waals surface area contributed by atoms with Gasteiger partial charge >= 0.3 is 0 Å². The van der Waals surface area contributed by atoms with Gasteiger partial charge in [-0.05, 0) is 58.7 Å². The van der Waals surface area contributed by atoms with Gasteiger partial charge in [-0.25, -0.2) is 4.39 Å². The first-order valence-electron chi connectivity index (χ1n) is 6.73. The molecule has 0 spiro atoms. The van der Waals surface area contributed by atoms with Crippen LogP contribution >= 0.6 is 15.9 Å². The zero-order valence-electron chi connectivity index (χ0n) is 12.3. The molecule has 0 aliphatic rings. The van der Waals surface area contributed by atoms with Crippen molar-refractivity contribution in [3.63, 3.8) is 0 Å². The summed E-state index contributed by atoms with van der Waals surface area (Å²) in [5.41, 5.74) is 0.987. The van der Waals surface area contributed by atoms with Gasteiger partial charge in [-0.3, -0.25) is 9.78 Å². The second kappa shape index (κ2) is 7.35. The van der Waals surface area contributed by atoms with Crippen LogP contribution in [0.4, 0.5) is 4.39 Å². The maximum Gasteiger partial charge on any atom is 0.263 e. The van der Waals surface area contributed by atoms with Crippen LogP contribution in [0, 0.1) is 5.82 Å². The van der Waals surface area contributed by atoms with Gasteiger partial charge in [0.05, 0.1) is 4.47 Å². The number of carbonyl (C=O) groups excluding carboxylic acids is 1. The van der Waals surface area contributed by atoms with Crippen LogP contribution in [0.2, 0.25) is 0 Å². The summed E-state index contributed by atoms with van der Waals surface area (Å²) >= 11 is 3.22. The minimum atomic E-state index is -0.673. The van der Waals surface area contributed by atoms with Crippen molar-refractivity contribution < 1.29 is 13.9 Å². The third kappa shape index (κ3) is 4.27. The van der Waals surface area contributed by atoms with E-state index in [4.69, 9.17) is 4.74 Å². The molecule has 2 aromatic rings. The number of hydrogen-bond donors (Lipinski definition) is 0. The molecule has 1 aromatic heterocycles. The summed E-state index contributed by atoms with van der Waals surface area (Å²) in [6, 6.07) is 7.79. The summed E-state index contributed by atoms with van der Waals surface area (Å²) < 4.78 is 19.1. The molecule has 0 fully saturated rings. The Hall–Kier alpha value is -1.95. The van der Waals surface area contributed by atoms with Crippen molar-refractivity contribution >= 4 is 21.8 Å². The maximum atomic E-state index is 13.0. The molecule has 1 heterocycles. The van der Waals surface area contributed by atoms with E-state index >= 15 is 0 Å². The van der Waals surface area contributed by atoms with E-state index in [1.165, 1.54) is 18.2 Å². The molecular formula is C16H16BrFN2O2. The maximum absolute atomic E-state index is 13.0. The molecule has 4 nitrogen and oxygen atoms in total. The number of rotatable bonds is 5. The molecule has 0 radical (unpaired) electrons. The zero-order chi connectivity index (χ0) is 16.1. The number of halogens is 2. The van der Waals surface area contributed by atoms with Crippen molar-refractivity contribution in [1.29, 1.82) is 0 Å². The Kier molecular flexibility index (Phi) is 5.49. The highest BCUT2D eigenvalue weighted by Gasteiger charge is 2.20. The second-order valence-corrected chi connectivity index (χ2v) is 5.74. The van der Waals surface area contributed by atoms with E-state index in [1.807, 2.05) is 12.1 Å². The topological polar surface area (TPSA) is 42.4 Å². The molecular weight excluding hydrogens is 351 g/mol. The number of aromatic nitrogens is 1. The third-order valence-electron chi connectivity index (χ3n) is 3.09. The fourth-order valence-corrected chi connectivity index (χ4v) is 2.41. The number of carbonyl (C=O) groups is 1. The van der Waals surface area contributed by atoms with Crippen molar-refractivity contribution in [1.82, 2.24) is 9.88 Å². The van der Waals surface area contributed by atoms with Gasteiger partial charge in [-0.15, -0.1) is 0 Å². The van der Waals surface area contributed by atoms with E-state index in [1.54, 1.807) is 31.3 Å². The number of amides is 1. The van der Waals surface area contributed by atoms with Crippen LogP contribution in [0.25, 0.3) is 0 Å². The lowest BCUT2D eigenvalue weighted by Crippen LogP contribution is -2.37. The number of ether oxygens (including phenoxy) is 1. The predicted octanol–water partition coefficient (Wildman–Crippen LogP) is 3.41. The van der Waals surface area contributed by atoms with Crippen molar-refractivity contribution in [3.05, 3.63) is 58.6 Å². The Morgan fingerprint density at radius 1 is 1.36 bits per heavy atom. The lowest BCUT2D eigenvalue weighted by molar-refractivity contribution is -0.137. The highest BCUT2D eigenvalue weighted by Crippen LogP contribution is 2.26. The Morgan fingerprint density at radius 3 is 2.68 bits per heavy atom. The summed E-state index contributed by atoms with van der Waals surface area (Å²) in [6.45, 7) is 2.14. The molecule has 0 saturated heterocycles. The average Bonchev–Trinajstić information content (AvgIpc) is 2.50. The minimum Gasteiger partial charge on any atom is -0.480 e. The van der Waals surface area contributed by atoms with Gasteiger partial charge in [0.2, 0.25) is 0 Å². The quantitative estimate of drug-likeness (QED) is 0.814. The van der Waals surface area contributed by atoms with Gasteiger partial charge in [0.15, 0.2) is 6.10 Å². The van der Waals surface area contributed by atoms with Crippen molar-refractivity contribution in [3.8, 4) is 5.75 Å². The van der Waals surface area contributed by atoms with E-state index < -0.39 is 6.10 Å². The molecule has 2 rings (SSSR count). The second-order valence-electron chi connectivity index (χ2n) is 4.88. The van der Waals surface area contributed by atoms with Crippen LogP contribution < -0.4 is 4.74 Å². The monoisotopic (exact) mass is 366 g/mol. The summed E-state index contributed by atoms with van der Waals surface area (Å²) in [5.74, 6) is -0.0967. The van der Waals surface area contributed by atoms with Crippen LogP contribution in [0.1, 0.15) is 12.5 Å². The molecule has 0 aliphatic carbocycles. The third-order valence-corrected chi connectivity index (χ3v) is 3.71. The number of nitrogens with zero attached hydrogens (tertiary/aromatic N) is 2. The standard InChI is InChI=1S/C16H16BrFN2O2/c1-11(22-15-4-3-13(18)9-14(15)17)16(21)20(2)10-12-5-7-19-8-6-12/h3-9,11H,10H2,1-2H3/t11-/m1/s1. The van der Waals surface area contributed by atoms with Crippen LogP contribution in [0.5, 0.6) is 5.75 Å². The van der Waals surface area contributed by atoms with Gasteiger partial charge in [-0.1, -0.05) is 0 Å². The van der Waals surface area contributed by atoms with Crippen LogP contribution in [0.15, 0.2) is 47.2 Å². The Balaban J connectivity index is 1.99. The van der Waals surface area contributed by atoms with Crippen molar-refractivity contribution in [2.45, 2.75) is 19.6 Å². The lowest BCUT2D eigenvalue weighted by atomic mass is 10.2. The van der Waals surface area contributed by atoms with Gasteiger partial charge in [0.25, 0.3) is 5.91 Å². The van der Waals surface area contributed by atoms with Crippen LogP contribution in [-0.2, 0) is 11.3 Å². The Bertz CT molecular complexity index is 652. The highest BCUT2D eigenvalue weighted by molar-refractivity contribution is 9.10. The molecule has 22 heavy (non-hydrogen) atoms. The van der Waals surface area contributed by atoms with Crippen molar-refractivity contribution in [2.75, 3.05) is 7.05 Å². The van der Waals surface area contributed by atoms with E-state index in [2.05, 4.69) is 20.9 Å². The molecule has 1 atom stereocenters. The fourth-order valence-electron chi connectivity index (χ4n) is 1.96. The number of likely N-dealkylation sites (N-methyl/N-ethyl adjacent to an activating group) is 1. The SMILES string of the molecule is C[C@@H](Oc1ccc(F)cc1Br)C(=O)N(C)Cc1ccncc1. The molecule has 6 heteroatoms. The first-order valence-corrected chi connectivity index (χ1v) is 7.52. The summed E-state index contributed by atoms with van der Waals surface area (Å²) in [6.07, 6.45) is 2.69. The molecule has 116 valence electrons. The normalized spacial score (nSPS) is 11.8. The molecule has 0 N–H and O–H groups in total. The summed E-state index contributed by atoms with van der Waals surface area (Å²) in [7, 11) is 1.71. The van der Waals surface area contributed by atoms with Crippen LogP contribution in [-0.4, -0.2) is 28.9 Å². The Labute approximate surface area is 137 Å². The van der Waals surface area contributed by atoms with E-state index in [0.717, 1.165) is 5.56 Å². The number of hydrogen-bond acceptors (Lipinski definition) is 3. The fraction of sp³-hybridized carbons (Fsp3) is 0.250. The molecule has 1 aromatic carbocycles. The predicted molar refractivity (Wildman–Crippen MR) is 84.9 cm³/mol. The number of benzene rings is 1. The zero-order valence-corrected chi connectivity index (χ0v) is 13.9. The van der Waals surface area contributed by atoms with Gasteiger partial charge < -0.3 is 9.64 Å². The first kappa shape index (κ1) is 16.4. The summed E-state index contributed by atoms with van der Waals surface area (Å²) in [4.78, 5) is 17.8. The molecule has 0 unspecified atom stereocenters. The minimum absolute atomic E-state index is 0.159. The first-order chi connectivity index (χ1) is 10.5. The molecule has 0 aliphatic heterocycles. The van der Waals surface area contributed by atoms with Gasteiger partial charge in [0, 0.05) is 26.0 Å². The molecule has 0 saturated carbocycles. The van der Waals surface area contributed by atoms with E-state index in [9.17, 15) is 9.18 Å². The lowest BCUT2D eigenvalue weighted by Gasteiger charge is -2.22. The average molecular weight is 367 g/mol. The largest absolute Gasteiger partial charge is 0.480 e. The molecule has 0 bridgehead atoms. The molecule has 1 amide bonds. The summed E-state index contributed by atoms with van der Waals surface area (Å²) in [5, 5.41) is 0. The van der Waals surface area contributed by atoms with Crippen LogP contribution in [0.3, 0.4) is 0 Å². The van der Waals surface area contributed by atoms with Crippen molar-refractivity contribution in [2.24, 2.45) is 0 Å². The van der Waals surface area contributed by atoms with E-state index in [-0.39, 0.29) is 11.7 Å². The smallest absolute Gasteiger partial charge is 0.263 e. The Morgan fingerprint density at radius 2 is 2.05 bits per heavy atom. The van der Waals surface area contributed by atoms with Gasteiger partial charge in [-0.2, -0.15) is 0 Å². The van der Waals surface area contributed by atoms with E-state index in [0.29, 0.717) is 16.8 Å².